The Bertz CT molecular complexity index is 767. The van der Waals surface area contributed by atoms with E-state index in [9.17, 15) is 0 Å². The molecule has 2 aromatic carbocycles. The Hall–Kier alpha value is -2.88. The second kappa shape index (κ2) is 6.92. The van der Waals surface area contributed by atoms with E-state index in [1.54, 1.807) is 0 Å². The summed E-state index contributed by atoms with van der Waals surface area (Å²) in [7, 11) is 0. The normalized spacial score (nSPS) is 10.3. The standard InChI is InChI=1S/C19H20N4/c1-14-8-10-16(11-9-14)13-20-18-12-19(22-15(2)21-18)23-17-6-4-3-5-7-17/h3-12H,13H2,1-2H3,(H2,20,21,22,23). The van der Waals surface area contributed by atoms with E-state index < -0.39 is 0 Å². The molecule has 2 N–H and O–H groups in total. The molecule has 0 radical (unpaired) electrons. The topological polar surface area (TPSA) is 49.8 Å². The molecule has 0 unspecified atom stereocenters. The van der Waals surface area contributed by atoms with Crippen LogP contribution in [0, 0.1) is 13.8 Å². The largest absolute Gasteiger partial charge is 0.366 e. The van der Waals surface area contributed by atoms with Gasteiger partial charge in [-0.15, -0.1) is 0 Å². The Morgan fingerprint density at radius 3 is 2.26 bits per heavy atom. The number of nitrogens with one attached hydrogen (secondary N) is 2. The summed E-state index contributed by atoms with van der Waals surface area (Å²) in [5.41, 5.74) is 3.50. The fourth-order valence-corrected chi connectivity index (χ4v) is 2.29. The monoisotopic (exact) mass is 304 g/mol. The summed E-state index contributed by atoms with van der Waals surface area (Å²) >= 11 is 0. The van der Waals surface area contributed by atoms with Crippen LogP contribution >= 0.6 is 0 Å². The zero-order valence-electron chi connectivity index (χ0n) is 13.4. The van der Waals surface area contributed by atoms with Gasteiger partial charge in [0.2, 0.25) is 0 Å². The van der Waals surface area contributed by atoms with Crippen molar-refractivity contribution in [3.8, 4) is 0 Å². The highest BCUT2D eigenvalue weighted by Gasteiger charge is 2.03. The Morgan fingerprint density at radius 1 is 0.826 bits per heavy atom. The van der Waals surface area contributed by atoms with Crippen LogP contribution in [-0.4, -0.2) is 9.97 Å². The highest BCUT2D eigenvalue weighted by molar-refractivity contribution is 5.59. The quantitative estimate of drug-likeness (QED) is 0.731. The first-order chi connectivity index (χ1) is 11.2. The molecule has 4 heteroatoms. The van der Waals surface area contributed by atoms with E-state index in [4.69, 9.17) is 0 Å². The van der Waals surface area contributed by atoms with Crippen LogP contribution in [-0.2, 0) is 6.54 Å². The lowest BCUT2D eigenvalue weighted by atomic mass is 10.1. The van der Waals surface area contributed by atoms with Crippen molar-refractivity contribution in [1.82, 2.24) is 9.97 Å². The van der Waals surface area contributed by atoms with Crippen molar-refractivity contribution < 1.29 is 0 Å². The number of hydrogen-bond acceptors (Lipinski definition) is 4. The molecule has 0 aliphatic heterocycles. The third kappa shape index (κ3) is 4.30. The van der Waals surface area contributed by atoms with Gasteiger partial charge in [-0.05, 0) is 31.5 Å². The molecule has 0 aliphatic rings. The second-order valence-corrected chi connectivity index (χ2v) is 5.52. The van der Waals surface area contributed by atoms with Gasteiger partial charge in [-0.2, -0.15) is 0 Å². The van der Waals surface area contributed by atoms with Crippen molar-refractivity contribution in [2.45, 2.75) is 20.4 Å². The highest BCUT2D eigenvalue weighted by atomic mass is 15.1. The predicted molar refractivity (Wildman–Crippen MR) is 95.0 cm³/mol. The average Bonchev–Trinajstić information content (AvgIpc) is 2.55. The van der Waals surface area contributed by atoms with Gasteiger partial charge in [0, 0.05) is 18.3 Å². The number of hydrogen-bond donors (Lipinski definition) is 2. The SMILES string of the molecule is Cc1ccc(CNc2cc(Nc3ccccc3)nc(C)n2)cc1. The van der Waals surface area contributed by atoms with Crippen LogP contribution in [0.1, 0.15) is 17.0 Å². The molecule has 0 saturated heterocycles. The minimum Gasteiger partial charge on any atom is -0.366 e. The van der Waals surface area contributed by atoms with Crippen LogP contribution in [0.2, 0.25) is 0 Å². The number of aryl methyl sites for hydroxylation is 2. The molecule has 0 atom stereocenters. The smallest absolute Gasteiger partial charge is 0.136 e. The van der Waals surface area contributed by atoms with E-state index in [0.717, 1.165) is 29.7 Å². The molecule has 0 saturated carbocycles. The first-order valence-electron chi connectivity index (χ1n) is 7.66. The van der Waals surface area contributed by atoms with Crippen LogP contribution in [0.15, 0.2) is 60.7 Å². The molecule has 3 aromatic rings. The molecule has 23 heavy (non-hydrogen) atoms. The van der Waals surface area contributed by atoms with Crippen molar-refractivity contribution in [2.24, 2.45) is 0 Å². The molecule has 4 nitrogen and oxygen atoms in total. The van der Waals surface area contributed by atoms with Crippen LogP contribution in [0.5, 0.6) is 0 Å². The number of benzene rings is 2. The third-order valence-corrected chi connectivity index (χ3v) is 3.48. The van der Waals surface area contributed by atoms with Crippen molar-refractivity contribution >= 4 is 17.3 Å². The Balaban J connectivity index is 1.71. The van der Waals surface area contributed by atoms with Gasteiger partial charge in [0.1, 0.15) is 17.5 Å². The van der Waals surface area contributed by atoms with Crippen molar-refractivity contribution in [1.29, 1.82) is 0 Å². The fraction of sp³-hybridized carbons (Fsp3) is 0.158. The van der Waals surface area contributed by atoms with E-state index in [-0.39, 0.29) is 0 Å². The summed E-state index contributed by atoms with van der Waals surface area (Å²) in [4.78, 5) is 8.88. The second-order valence-electron chi connectivity index (χ2n) is 5.52. The molecule has 0 bridgehead atoms. The molecule has 0 spiro atoms. The Kier molecular flexibility index (Phi) is 4.52. The number of anilines is 3. The van der Waals surface area contributed by atoms with E-state index in [1.807, 2.05) is 43.3 Å². The van der Waals surface area contributed by atoms with E-state index in [1.165, 1.54) is 11.1 Å². The predicted octanol–water partition coefficient (Wildman–Crippen LogP) is 4.45. The number of rotatable bonds is 5. The molecule has 0 amide bonds. The molecule has 1 heterocycles. The minimum atomic E-state index is 0.734. The lowest BCUT2D eigenvalue weighted by molar-refractivity contribution is 1.02. The van der Waals surface area contributed by atoms with Gasteiger partial charge in [0.15, 0.2) is 0 Å². The van der Waals surface area contributed by atoms with Crippen LogP contribution in [0.25, 0.3) is 0 Å². The van der Waals surface area contributed by atoms with Gasteiger partial charge in [-0.1, -0.05) is 48.0 Å². The number of aromatic nitrogens is 2. The van der Waals surface area contributed by atoms with Gasteiger partial charge in [0.25, 0.3) is 0 Å². The van der Waals surface area contributed by atoms with Crippen molar-refractivity contribution in [3.05, 3.63) is 77.6 Å². The maximum absolute atomic E-state index is 4.45. The number of nitrogens with zero attached hydrogens (tertiary/aromatic N) is 2. The highest BCUT2D eigenvalue weighted by Crippen LogP contribution is 2.17. The Morgan fingerprint density at radius 2 is 1.52 bits per heavy atom. The van der Waals surface area contributed by atoms with Gasteiger partial charge in [-0.3, -0.25) is 0 Å². The summed E-state index contributed by atoms with van der Waals surface area (Å²) in [6.07, 6.45) is 0. The minimum absolute atomic E-state index is 0.734. The average molecular weight is 304 g/mol. The first kappa shape index (κ1) is 15.0. The Labute approximate surface area is 136 Å². The van der Waals surface area contributed by atoms with Crippen LogP contribution < -0.4 is 10.6 Å². The lowest BCUT2D eigenvalue weighted by Crippen LogP contribution is -2.05. The van der Waals surface area contributed by atoms with Crippen molar-refractivity contribution in [3.63, 3.8) is 0 Å². The maximum atomic E-state index is 4.45. The molecule has 116 valence electrons. The fourth-order valence-electron chi connectivity index (χ4n) is 2.29. The third-order valence-electron chi connectivity index (χ3n) is 3.48. The van der Waals surface area contributed by atoms with E-state index in [0.29, 0.717) is 0 Å². The molecule has 3 rings (SSSR count). The molecular formula is C19H20N4. The van der Waals surface area contributed by atoms with Crippen molar-refractivity contribution in [2.75, 3.05) is 10.6 Å². The summed E-state index contributed by atoms with van der Waals surface area (Å²) in [6.45, 7) is 4.72. The van der Waals surface area contributed by atoms with E-state index in [2.05, 4.69) is 51.8 Å². The summed E-state index contributed by atoms with van der Waals surface area (Å²) < 4.78 is 0. The molecular weight excluding hydrogens is 284 g/mol. The summed E-state index contributed by atoms with van der Waals surface area (Å²) in [5.74, 6) is 2.34. The number of para-hydroxylation sites is 1. The lowest BCUT2D eigenvalue weighted by Gasteiger charge is -2.10. The molecule has 1 aromatic heterocycles. The van der Waals surface area contributed by atoms with E-state index >= 15 is 0 Å². The molecule has 0 fully saturated rings. The summed E-state index contributed by atoms with van der Waals surface area (Å²) in [5, 5.41) is 6.66. The molecule has 0 aliphatic carbocycles. The maximum Gasteiger partial charge on any atom is 0.136 e. The van der Waals surface area contributed by atoms with Gasteiger partial charge >= 0.3 is 0 Å². The van der Waals surface area contributed by atoms with Gasteiger partial charge in [-0.25, -0.2) is 9.97 Å². The first-order valence-corrected chi connectivity index (χ1v) is 7.66. The van der Waals surface area contributed by atoms with Crippen LogP contribution in [0.3, 0.4) is 0 Å². The van der Waals surface area contributed by atoms with Crippen LogP contribution in [0.4, 0.5) is 17.3 Å². The zero-order valence-corrected chi connectivity index (χ0v) is 13.4. The van der Waals surface area contributed by atoms with Gasteiger partial charge < -0.3 is 10.6 Å². The summed E-state index contributed by atoms with van der Waals surface area (Å²) in [6, 6.07) is 20.4. The van der Waals surface area contributed by atoms with Gasteiger partial charge in [0.05, 0.1) is 0 Å². The zero-order chi connectivity index (χ0) is 16.1.